The number of alkyl halides is 3. The van der Waals surface area contributed by atoms with Crippen molar-refractivity contribution in [2.75, 3.05) is 18.4 Å². The Hall–Kier alpha value is -2.22. The first-order valence-corrected chi connectivity index (χ1v) is 9.18. The van der Waals surface area contributed by atoms with Gasteiger partial charge >= 0.3 is 6.18 Å². The predicted octanol–water partition coefficient (Wildman–Crippen LogP) is 4.43. The van der Waals surface area contributed by atoms with Crippen LogP contribution in [0.1, 0.15) is 47.4 Å². The Morgan fingerprint density at radius 1 is 1.19 bits per heavy atom. The van der Waals surface area contributed by atoms with Gasteiger partial charge < -0.3 is 10.2 Å². The summed E-state index contributed by atoms with van der Waals surface area (Å²) in [5.74, 6) is -0.119. The van der Waals surface area contributed by atoms with Crippen LogP contribution in [0.25, 0.3) is 0 Å². The number of carbonyl (C=O) groups is 1. The lowest BCUT2D eigenvalue weighted by molar-refractivity contribution is -0.173. The van der Waals surface area contributed by atoms with Gasteiger partial charge in [-0.2, -0.15) is 18.3 Å². The summed E-state index contributed by atoms with van der Waals surface area (Å²) in [7, 11) is 0. The fraction of sp³-hybridized carbons (Fsp3) is 0.444. The highest BCUT2D eigenvalue weighted by atomic mass is 35.5. The molecule has 0 spiro atoms. The van der Waals surface area contributed by atoms with E-state index in [0.717, 1.165) is 17.5 Å². The molecule has 1 aromatic heterocycles. The summed E-state index contributed by atoms with van der Waals surface area (Å²) in [4.78, 5) is 14.2. The second kappa shape index (κ2) is 6.74. The number of benzene rings is 1. The molecule has 9 heteroatoms. The lowest BCUT2D eigenvalue weighted by Gasteiger charge is -2.33. The van der Waals surface area contributed by atoms with Crippen LogP contribution in [0.5, 0.6) is 0 Å². The second-order valence-electron chi connectivity index (χ2n) is 6.90. The van der Waals surface area contributed by atoms with Crippen molar-refractivity contribution in [1.82, 2.24) is 14.7 Å². The maximum Gasteiger partial charge on any atom is 0.410 e. The topological polar surface area (TPSA) is 50.2 Å². The molecule has 0 saturated carbocycles. The average molecular weight is 399 g/mol. The lowest BCUT2D eigenvalue weighted by atomic mass is 9.97. The first-order chi connectivity index (χ1) is 12.8. The number of hydrogen-bond acceptors (Lipinski definition) is 3. The third kappa shape index (κ3) is 3.50. The fourth-order valence-electron chi connectivity index (χ4n) is 3.67. The molecule has 5 nitrogen and oxygen atoms in total. The van der Waals surface area contributed by atoms with Crippen LogP contribution in [-0.4, -0.2) is 39.9 Å². The van der Waals surface area contributed by atoms with Gasteiger partial charge in [-0.05, 0) is 30.5 Å². The van der Waals surface area contributed by atoms with Gasteiger partial charge in [-0.25, -0.2) is 4.68 Å². The van der Waals surface area contributed by atoms with Crippen LogP contribution in [0.3, 0.4) is 0 Å². The molecule has 1 N–H and O–H groups in total. The van der Waals surface area contributed by atoms with Gasteiger partial charge in [0.25, 0.3) is 5.91 Å². The number of carbonyl (C=O) groups excluding carboxylic acids is 1. The number of aromatic nitrogens is 2. The Morgan fingerprint density at radius 2 is 1.85 bits per heavy atom. The summed E-state index contributed by atoms with van der Waals surface area (Å²) in [5.41, 5.74) is 0.749. The Labute approximate surface area is 159 Å². The molecule has 0 unspecified atom stereocenters. The standard InChI is InChI=1S/C18H18ClF3N4O/c19-12-5-3-11(4-6-12)13-9-15(18(20,21)22)26-16(23-13)10-14(24-26)17(27)25-7-1-2-8-25/h3-6,10,13,15,23H,1-2,7-9H2/t13-,15+/m1/s1. The van der Waals surface area contributed by atoms with Gasteiger partial charge in [-0.1, -0.05) is 23.7 Å². The van der Waals surface area contributed by atoms with E-state index in [0.29, 0.717) is 23.7 Å². The molecule has 0 aliphatic carbocycles. The molecule has 1 aromatic carbocycles. The van der Waals surface area contributed by atoms with Crippen molar-refractivity contribution in [3.05, 3.63) is 46.6 Å². The van der Waals surface area contributed by atoms with Crippen molar-refractivity contribution >= 4 is 23.3 Å². The lowest BCUT2D eigenvalue weighted by Crippen LogP contribution is -2.36. The van der Waals surface area contributed by atoms with Gasteiger partial charge in [-0.3, -0.25) is 4.79 Å². The molecule has 0 bridgehead atoms. The average Bonchev–Trinajstić information content (AvgIpc) is 3.29. The van der Waals surface area contributed by atoms with Crippen LogP contribution >= 0.6 is 11.6 Å². The zero-order valence-corrected chi connectivity index (χ0v) is 15.1. The summed E-state index contributed by atoms with van der Waals surface area (Å²) < 4.78 is 41.9. The Balaban J connectivity index is 1.67. The molecule has 2 aliphatic rings. The maximum atomic E-state index is 13.7. The van der Waals surface area contributed by atoms with Crippen molar-refractivity contribution in [2.24, 2.45) is 0 Å². The van der Waals surface area contributed by atoms with Gasteiger partial charge in [0, 0.05) is 30.6 Å². The van der Waals surface area contributed by atoms with Crippen molar-refractivity contribution in [2.45, 2.75) is 37.5 Å². The SMILES string of the molecule is O=C(c1cc2n(n1)[C@H](C(F)(F)F)C[C@H](c1ccc(Cl)cc1)N2)N1CCCC1. The van der Waals surface area contributed by atoms with Crippen LogP contribution in [0, 0.1) is 0 Å². The van der Waals surface area contributed by atoms with Crippen molar-refractivity contribution in [3.63, 3.8) is 0 Å². The van der Waals surface area contributed by atoms with E-state index in [9.17, 15) is 18.0 Å². The third-order valence-corrected chi connectivity index (χ3v) is 5.33. The Bertz CT molecular complexity index is 843. The minimum absolute atomic E-state index is 0.0467. The first-order valence-electron chi connectivity index (χ1n) is 8.80. The zero-order chi connectivity index (χ0) is 19.2. The zero-order valence-electron chi connectivity index (χ0n) is 14.3. The molecule has 2 atom stereocenters. The van der Waals surface area contributed by atoms with Crippen molar-refractivity contribution < 1.29 is 18.0 Å². The number of amides is 1. The molecule has 1 amide bonds. The predicted molar refractivity (Wildman–Crippen MR) is 94.9 cm³/mol. The van der Waals surface area contributed by atoms with Gasteiger partial charge in [0.15, 0.2) is 11.7 Å². The quantitative estimate of drug-likeness (QED) is 0.814. The van der Waals surface area contributed by atoms with Crippen LogP contribution in [0.2, 0.25) is 5.02 Å². The monoisotopic (exact) mass is 398 g/mol. The number of nitrogens with zero attached hydrogens (tertiary/aromatic N) is 3. The van der Waals surface area contributed by atoms with E-state index in [1.165, 1.54) is 6.07 Å². The van der Waals surface area contributed by atoms with E-state index < -0.39 is 18.3 Å². The molecule has 0 radical (unpaired) electrons. The number of anilines is 1. The summed E-state index contributed by atoms with van der Waals surface area (Å²) in [6.07, 6.45) is -2.87. The van der Waals surface area contributed by atoms with Gasteiger partial charge in [0.2, 0.25) is 0 Å². The maximum absolute atomic E-state index is 13.7. The molecule has 27 heavy (non-hydrogen) atoms. The van der Waals surface area contributed by atoms with Crippen LogP contribution < -0.4 is 5.32 Å². The van der Waals surface area contributed by atoms with E-state index in [2.05, 4.69) is 10.4 Å². The summed E-state index contributed by atoms with van der Waals surface area (Å²) >= 11 is 5.88. The van der Waals surface area contributed by atoms with Gasteiger partial charge in [0.05, 0.1) is 6.04 Å². The van der Waals surface area contributed by atoms with E-state index in [4.69, 9.17) is 11.6 Å². The minimum atomic E-state index is -4.47. The largest absolute Gasteiger partial charge is 0.410 e. The third-order valence-electron chi connectivity index (χ3n) is 5.07. The first kappa shape index (κ1) is 18.2. The smallest absolute Gasteiger partial charge is 0.363 e. The van der Waals surface area contributed by atoms with E-state index >= 15 is 0 Å². The number of nitrogens with one attached hydrogen (secondary N) is 1. The van der Waals surface area contributed by atoms with E-state index in [-0.39, 0.29) is 23.8 Å². The van der Waals surface area contributed by atoms with Crippen LogP contribution in [-0.2, 0) is 0 Å². The molecule has 1 fully saturated rings. The summed E-state index contributed by atoms with van der Waals surface area (Å²) in [6.45, 7) is 1.23. The van der Waals surface area contributed by atoms with Gasteiger partial charge in [0.1, 0.15) is 5.82 Å². The Morgan fingerprint density at radius 3 is 2.48 bits per heavy atom. The number of hydrogen-bond donors (Lipinski definition) is 1. The fourth-order valence-corrected chi connectivity index (χ4v) is 3.80. The van der Waals surface area contributed by atoms with E-state index in [1.54, 1.807) is 29.2 Å². The summed E-state index contributed by atoms with van der Waals surface area (Å²) in [5, 5.41) is 7.61. The number of fused-ring (bicyclic) bond motifs is 1. The van der Waals surface area contributed by atoms with Gasteiger partial charge in [-0.15, -0.1) is 0 Å². The van der Waals surface area contributed by atoms with Crippen LogP contribution in [0.4, 0.5) is 19.0 Å². The highest BCUT2D eigenvalue weighted by Gasteiger charge is 2.47. The van der Waals surface area contributed by atoms with Crippen LogP contribution in [0.15, 0.2) is 30.3 Å². The van der Waals surface area contributed by atoms with E-state index in [1.807, 2.05) is 0 Å². The molecular formula is C18H18ClF3N4O. The number of rotatable bonds is 2. The highest BCUT2D eigenvalue weighted by Crippen LogP contribution is 2.43. The molecule has 2 aliphatic heterocycles. The highest BCUT2D eigenvalue weighted by molar-refractivity contribution is 6.30. The van der Waals surface area contributed by atoms with Crippen molar-refractivity contribution in [3.8, 4) is 0 Å². The Kier molecular flexibility index (Phi) is 4.53. The number of likely N-dealkylation sites (tertiary alicyclic amines) is 1. The number of halogens is 4. The molecule has 1 saturated heterocycles. The summed E-state index contributed by atoms with van der Waals surface area (Å²) in [6, 6.07) is 5.78. The molecule has 4 rings (SSSR count). The molecule has 3 heterocycles. The molecule has 144 valence electrons. The normalized spacial score (nSPS) is 22.4. The molecule has 2 aromatic rings. The second-order valence-corrected chi connectivity index (χ2v) is 7.34. The molecular weight excluding hydrogens is 381 g/mol. The minimum Gasteiger partial charge on any atom is -0.363 e. The van der Waals surface area contributed by atoms with Crippen molar-refractivity contribution in [1.29, 1.82) is 0 Å².